The Morgan fingerprint density at radius 2 is 2.05 bits per heavy atom. The molecule has 0 atom stereocenters. The lowest BCUT2D eigenvalue weighted by molar-refractivity contribution is 0.176. The lowest BCUT2D eigenvalue weighted by Gasteiger charge is -2.31. The molecule has 0 aliphatic carbocycles. The van der Waals surface area contributed by atoms with E-state index >= 15 is 0 Å². The highest BCUT2D eigenvalue weighted by atomic mass is 79.9. The molecule has 0 aromatic heterocycles. The number of hydrogen-bond acceptors (Lipinski definition) is 2. The van der Waals surface area contributed by atoms with Crippen LogP contribution in [-0.2, 0) is 6.54 Å². The van der Waals surface area contributed by atoms with Gasteiger partial charge in [0.05, 0.1) is 5.02 Å². The zero-order valence-corrected chi connectivity index (χ0v) is 14.4. The first kappa shape index (κ1) is 17.0. The van der Waals surface area contributed by atoms with Crippen LogP contribution < -0.4 is 5.73 Å². The molecule has 19 heavy (non-hydrogen) atoms. The second kappa shape index (κ2) is 7.63. The van der Waals surface area contributed by atoms with Crippen LogP contribution in [0.15, 0.2) is 22.7 Å². The van der Waals surface area contributed by atoms with E-state index in [4.69, 9.17) is 17.3 Å². The summed E-state index contributed by atoms with van der Waals surface area (Å²) < 4.78 is 0.947. The van der Waals surface area contributed by atoms with E-state index in [1.165, 1.54) is 5.56 Å². The van der Waals surface area contributed by atoms with Crippen molar-refractivity contribution in [1.29, 1.82) is 0 Å². The number of nitrogens with two attached hydrogens (primary N) is 1. The van der Waals surface area contributed by atoms with Crippen molar-refractivity contribution in [3.63, 3.8) is 0 Å². The van der Waals surface area contributed by atoms with Gasteiger partial charge in [0.2, 0.25) is 0 Å². The molecule has 0 bridgehead atoms. The molecule has 0 saturated heterocycles. The van der Waals surface area contributed by atoms with E-state index in [2.05, 4.69) is 47.7 Å². The van der Waals surface area contributed by atoms with Crippen LogP contribution in [0.25, 0.3) is 0 Å². The summed E-state index contributed by atoms with van der Waals surface area (Å²) in [6.45, 7) is 10.3. The molecule has 0 amide bonds. The third-order valence-corrected chi connectivity index (χ3v) is 4.37. The van der Waals surface area contributed by atoms with Gasteiger partial charge in [0.1, 0.15) is 0 Å². The van der Waals surface area contributed by atoms with Crippen molar-refractivity contribution < 1.29 is 0 Å². The van der Waals surface area contributed by atoms with E-state index in [-0.39, 0.29) is 5.41 Å². The van der Waals surface area contributed by atoms with E-state index in [1.54, 1.807) is 0 Å². The molecule has 0 saturated carbocycles. The van der Waals surface area contributed by atoms with Gasteiger partial charge in [0.15, 0.2) is 0 Å². The largest absolute Gasteiger partial charge is 0.330 e. The fourth-order valence-electron chi connectivity index (χ4n) is 2.10. The van der Waals surface area contributed by atoms with Gasteiger partial charge in [-0.05, 0) is 58.6 Å². The number of nitrogens with zero attached hydrogens (tertiary/aromatic N) is 1. The summed E-state index contributed by atoms with van der Waals surface area (Å²) in [6.07, 6.45) is 1.14. The summed E-state index contributed by atoms with van der Waals surface area (Å²) in [6, 6.07) is 6.16. The van der Waals surface area contributed by atoms with Gasteiger partial charge in [-0.2, -0.15) is 0 Å². The topological polar surface area (TPSA) is 29.3 Å². The average molecular weight is 348 g/mol. The molecule has 0 aliphatic heterocycles. The minimum atomic E-state index is 0.147. The molecular formula is C15H24BrClN2. The van der Waals surface area contributed by atoms with Crippen molar-refractivity contribution >= 4 is 27.5 Å². The molecule has 1 aromatic carbocycles. The number of rotatable bonds is 7. The molecule has 0 heterocycles. The minimum absolute atomic E-state index is 0.147. The normalized spacial score (nSPS) is 12.2. The van der Waals surface area contributed by atoms with Gasteiger partial charge in [-0.15, -0.1) is 0 Å². The molecule has 0 spiro atoms. The molecule has 2 nitrogen and oxygen atoms in total. The fraction of sp³-hybridized carbons (Fsp3) is 0.600. The SMILES string of the molecule is CCCN(Cc1ccc(Br)c(Cl)c1)CC(C)(C)CN. The first-order valence-electron chi connectivity index (χ1n) is 6.74. The number of benzene rings is 1. The van der Waals surface area contributed by atoms with Crippen molar-refractivity contribution in [1.82, 2.24) is 4.90 Å². The van der Waals surface area contributed by atoms with E-state index in [0.717, 1.165) is 35.6 Å². The summed E-state index contributed by atoms with van der Waals surface area (Å²) >= 11 is 9.57. The summed E-state index contributed by atoms with van der Waals surface area (Å²) in [5.74, 6) is 0. The molecular weight excluding hydrogens is 324 g/mol. The van der Waals surface area contributed by atoms with Crippen LogP contribution in [-0.4, -0.2) is 24.5 Å². The quantitative estimate of drug-likeness (QED) is 0.797. The van der Waals surface area contributed by atoms with Gasteiger partial charge in [0, 0.05) is 17.6 Å². The molecule has 1 aromatic rings. The van der Waals surface area contributed by atoms with Crippen LogP contribution in [0.5, 0.6) is 0 Å². The molecule has 0 fully saturated rings. The van der Waals surface area contributed by atoms with E-state index in [9.17, 15) is 0 Å². The fourth-order valence-corrected chi connectivity index (χ4v) is 2.55. The first-order chi connectivity index (χ1) is 8.88. The summed E-state index contributed by atoms with van der Waals surface area (Å²) in [4.78, 5) is 2.45. The number of hydrogen-bond donors (Lipinski definition) is 1. The molecule has 0 radical (unpaired) electrons. The second-order valence-corrected chi connectivity index (χ2v) is 7.09. The van der Waals surface area contributed by atoms with Gasteiger partial charge in [-0.3, -0.25) is 4.90 Å². The Kier molecular flexibility index (Phi) is 6.81. The predicted octanol–water partition coefficient (Wildman–Crippen LogP) is 4.30. The lowest BCUT2D eigenvalue weighted by Crippen LogP contribution is -2.38. The van der Waals surface area contributed by atoms with Gasteiger partial charge in [-0.1, -0.05) is 38.4 Å². The maximum Gasteiger partial charge on any atom is 0.0551 e. The smallest absolute Gasteiger partial charge is 0.0551 e. The molecule has 1 rings (SSSR count). The van der Waals surface area contributed by atoms with Crippen molar-refractivity contribution in [3.8, 4) is 0 Å². The van der Waals surface area contributed by atoms with E-state index in [1.807, 2.05) is 12.1 Å². The van der Waals surface area contributed by atoms with E-state index < -0.39 is 0 Å². The van der Waals surface area contributed by atoms with Crippen LogP contribution in [0.2, 0.25) is 5.02 Å². The van der Waals surface area contributed by atoms with Gasteiger partial charge < -0.3 is 5.73 Å². The zero-order valence-electron chi connectivity index (χ0n) is 12.0. The van der Waals surface area contributed by atoms with Crippen molar-refractivity contribution in [2.75, 3.05) is 19.6 Å². The Morgan fingerprint density at radius 1 is 1.37 bits per heavy atom. The first-order valence-corrected chi connectivity index (χ1v) is 7.91. The highest BCUT2D eigenvalue weighted by Crippen LogP contribution is 2.24. The maximum atomic E-state index is 6.15. The molecule has 4 heteroatoms. The van der Waals surface area contributed by atoms with Crippen LogP contribution in [0.1, 0.15) is 32.8 Å². The third-order valence-electron chi connectivity index (χ3n) is 3.13. The Bertz CT molecular complexity index is 407. The summed E-state index contributed by atoms with van der Waals surface area (Å²) in [5.41, 5.74) is 7.23. The summed E-state index contributed by atoms with van der Waals surface area (Å²) in [5, 5.41) is 0.770. The Hall–Kier alpha value is -0.0900. The third kappa shape index (κ3) is 5.82. The highest BCUT2D eigenvalue weighted by Gasteiger charge is 2.20. The zero-order chi connectivity index (χ0) is 14.5. The molecule has 2 N–H and O–H groups in total. The lowest BCUT2D eigenvalue weighted by atomic mass is 9.93. The molecule has 108 valence electrons. The second-order valence-electron chi connectivity index (χ2n) is 5.83. The standard InChI is InChI=1S/C15H24BrClN2/c1-4-7-19(11-15(2,3)10-18)9-12-5-6-13(16)14(17)8-12/h5-6,8H,4,7,9-11,18H2,1-3H3. The van der Waals surface area contributed by atoms with Crippen LogP contribution in [0, 0.1) is 5.41 Å². The monoisotopic (exact) mass is 346 g/mol. The number of halogens is 2. The molecule has 0 aliphatic rings. The maximum absolute atomic E-state index is 6.15. The van der Waals surface area contributed by atoms with Crippen LogP contribution >= 0.6 is 27.5 Å². The summed E-state index contributed by atoms with van der Waals surface area (Å²) in [7, 11) is 0. The Morgan fingerprint density at radius 3 is 2.58 bits per heavy atom. The highest BCUT2D eigenvalue weighted by molar-refractivity contribution is 9.10. The Labute approximate surface area is 130 Å². The molecule has 0 unspecified atom stereocenters. The van der Waals surface area contributed by atoms with Crippen LogP contribution in [0.4, 0.5) is 0 Å². The predicted molar refractivity (Wildman–Crippen MR) is 87.6 cm³/mol. The van der Waals surface area contributed by atoms with Gasteiger partial charge in [0.25, 0.3) is 0 Å². The van der Waals surface area contributed by atoms with Crippen molar-refractivity contribution in [3.05, 3.63) is 33.3 Å². The van der Waals surface area contributed by atoms with Crippen LogP contribution in [0.3, 0.4) is 0 Å². The van der Waals surface area contributed by atoms with Crippen molar-refractivity contribution in [2.24, 2.45) is 11.1 Å². The van der Waals surface area contributed by atoms with Gasteiger partial charge >= 0.3 is 0 Å². The van der Waals surface area contributed by atoms with E-state index in [0.29, 0.717) is 6.54 Å². The van der Waals surface area contributed by atoms with Crippen molar-refractivity contribution in [2.45, 2.75) is 33.7 Å². The Balaban J connectivity index is 2.74. The average Bonchev–Trinajstić information content (AvgIpc) is 2.34. The minimum Gasteiger partial charge on any atom is -0.330 e. The van der Waals surface area contributed by atoms with Gasteiger partial charge in [-0.25, -0.2) is 0 Å².